The summed E-state index contributed by atoms with van der Waals surface area (Å²) in [4.78, 5) is 12.5. The number of aromatic amines is 1. The quantitative estimate of drug-likeness (QED) is 0.699. The van der Waals surface area contributed by atoms with Crippen LogP contribution in [-0.4, -0.2) is 10.2 Å². The number of para-hydroxylation sites is 1. The number of hydrogen-bond acceptors (Lipinski definition) is 3. The molecule has 26 heavy (non-hydrogen) atoms. The molecule has 2 aromatic rings. The van der Waals surface area contributed by atoms with E-state index >= 15 is 0 Å². The monoisotopic (exact) mass is 345 g/mol. The first kappa shape index (κ1) is 18.9. The van der Waals surface area contributed by atoms with E-state index in [1.807, 2.05) is 62.4 Å². The Morgan fingerprint density at radius 1 is 1.23 bits per heavy atom. The van der Waals surface area contributed by atoms with Gasteiger partial charge in [-0.3, -0.25) is 4.79 Å². The fourth-order valence-corrected chi connectivity index (χ4v) is 2.42. The van der Waals surface area contributed by atoms with Crippen molar-refractivity contribution in [3.63, 3.8) is 0 Å². The molecule has 2 N–H and O–H groups in total. The molecule has 0 aliphatic rings. The molecular weight excluding hydrogens is 322 g/mol. The second-order valence-corrected chi connectivity index (χ2v) is 5.61. The Morgan fingerprint density at radius 2 is 1.96 bits per heavy atom. The van der Waals surface area contributed by atoms with Crippen molar-refractivity contribution in [1.82, 2.24) is 10.2 Å². The number of benzene rings is 1. The second-order valence-electron chi connectivity index (χ2n) is 5.61. The largest absolute Gasteiger partial charge is 0.355 e. The lowest BCUT2D eigenvalue weighted by Crippen LogP contribution is -2.18. The van der Waals surface area contributed by atoms with Gasteiger partial charge in [0, 0.05) is 11.3 Å². The van der Waals surface area contributed by atoms with Crippen molar-refractivity contribution < 1.29 is 0 Å². The number of nitrogens with one attached hydrogen (secondary N) is 2. The van der Waals surface area contributed by atoms with Crippen LogP contribution >= 0.6 is 0 Å². The zero-order chi connectivity index (χ0) is 18.9. The van der Waals surface area contributed by atoms with E-state index in [0.29, 0.717) is 17.0 Å². The van der Waals surface area contributed by atoms with Gasteiger partial charge in [0.2, 0.25) is 0 Å². The number of aromatic nitrogens is 2. The van der Waals surface area contributed by atoms with Crippen LogP contribution in [0.3, 0.4) is 0 Å². The molecule has 0 fully saturated rings. The number of nitrogens with zero attached hydrogens (tertiary/aromatic N) is 1. The zero-order valence-electron chi connectivity index (χ0n) is 15.1. The molecule has 0 spiro atoms. The highest BCUT2D eigenvalue weighted by molar-refractivity contribution is 5.82. The van der Waals surface area contributed by atoms with E-state index < -0.39 is 0 Å². The summed E-state index contributed by atoms with van der Waals surface area (Å²) in [6.45, 7) is 11.4. The van der Waals surface area contributed by atoms with Gasteiger partial charge in [0.25, 0.3) is 5.56 Å². The third-order valence-corrected chi connectivity index (χ3v) is 3.76. The van der Waals surface area contributed by atoms with E-state index in [-0.39, 0.29) is 5.56 Å². The third kappa shape index (κ3) is 4.57. The van der Waals surface area contributed by atoms with Crippen LogP contribution < -0.4 is 10.9 Å². The molecule has 1 aromatic heterocycles. The van der Waals surface area contributed by atoms with Crippen LogP contribution in [0, 0.1) is 0 Å². The molecular formula is C22H23N3O. The highest BCUT2D eigenvalue weighted by Gasteiger charge is 2.12. The lowest BCUT2D eigenvalue weighted by Gasteiger charge is -2.14. The average molecular weight is 345 g/mol. The topological polar surface area (TPSA) is 57.8 Å². The maximum absolute atomic E-state index is 12.5. The molecule has 0 bridgehead atoms. The lowest BCUT2D eigenvalue weighted by atomic mass is 10.0. The van der Waals surface area contributed by atoms with E-state index in [4.69, 9.17) is 0 Å². The van der Waals surface area contributed by atoms with Gasteiger partial charge in [-0.1, -0.05) is 61.7 Å². The average Bonchev–Trinajstić information content (AvgIpc) is 2.67. The minimum atomic E-state index is -0.271. The third-order valence-electron chi connectivity index (χ3n) is 3.76. The molecule has 0 aliphatic carbocycles. The number of rotatable bonds is 7. The predicted molar refractivity (Wildman–Crippen MR) is 111 cm³/mol. The van der Waals surface area contributed by atoms with Crippen molar-refractivity contribution in [2.45, 2.75) is 13.8 Å². The van der Waals surface area contributed by atoms with Gasteiger partial charge >= 0.3 is 0 Å². The fraction of sp³-hybridized carbons (Fsp3) is 0.0909. The SMILES string of the molecule is C=C/C=C(\C=C/C)c1cc(/C(Nc2ccccc2)=C(/C)C=C)c(=O)[nH]n1. The molecule has 4 nitrogen and oxygen atoms in total. The van der Waals surface area contributed by atoms with E-state index in [2.05, 4.69) is 28.7 Å². The van der Waals surface area contributed by atoms with Gasteiger partial charge in [0.05, 0.1) is 17.0 Å². The highest BCUT2D eigenvalue weighted by atomic mass is 16.1. The molecule has 0 saturated heterocycles. The predicted octanol–water partition coefficient (Wildman–Crippen LogP) is 4.94. The van der Waals surface area contributed by atoms with Crippen LogP contribution in [0.25, 0.3) is 11.3 Å². The summed E-state index contributed by atoms with van der Waals surface area (Å²) in [5.41, 5.74) is 4.17. The Bertz CT molecular complexity index is 931. The Morgan fingerprint density at radius 3 is 2.58 bits per heavy atom. The van der Waals surface area contributed by atoms with Crippen LogP contribution in [0.5, 0.6) is 0 Å². The fourth-order valence-electron chi connectivity index (χ4n) is 2.42. The van der Waals surface area contributed by atoms with Crippen molar-refractivity contribution in [2.24, 2.45) is 0 Å². The van der Waals surface area contributed by atoms with Crippen molar-refractivity contribution >= 4 is 17.0 Å². The van der Waals surface area contributed by atoms with Crippen LogP contribution in [-0.2, 0) is 0 Å². The maximum atomic E-state index is 12.5. The molecule has 0 atom stereocenters. The number of H-pyrrole nitrogens is 1. The molecule has 0 amide bonds. The minimum absolute atomic E-state index is 0.271. The number of hydrogen-bond donors (Lipinski definition) is 2. The van der Waals surface area contributed by atoms with Crippen LogP contribution in [0.1, 0.15) is 25.1 Å². The van der Waals surface area contributed by atoms with Crippen molar-refractivity contribution in [3.05, 3.63) is 107 Å². The minimum Gasteiger partial charge on any atom is -0.355 e. The first-order valence-electron chi connectivity index (χ1n) is 8.32. The van der Waals surface area contributed by atoms with E-state index in [1.165, 1.54) is 0 Å². The van der Waals surface area contributed by atoms with Crippen LogP contribution in [0.2, 0.25) is 0 Å². The molecule has 0 unspecified atom stereocenters. The van der Waals surface area contributed by atoms with Crippen molar-refractivity contribution in [1.29, 1.82) is 0 Å². The molecule has 4 heteroatoms. The summed E-state index contributed by atoms with van der Waals surface area (Å²) in [5, 5.41) is 10.1. The number of anilines is 1. The lowest BCUT2D eigenvalue weighted by molar-refractivity contribution is 0.964. The van der Waals surface area contributed by atoms with Crippen LogP contribution in [0.4, 0.5) is 5.69 Å². The van der Waals surface area contributed by atoms with E-state index in [1.54, 1.807) is 18.2 Å². The summed E-state index contributed by atoms with van der Waals surface area (Å²) in [7, 11) is 0. The van der Waals surface area contributed by atoms with Gasteiger partial charge in [-0.05, 0) is 37.6 Å². The molecule has 0 radical (unpaired) electrons. The van der Waals surface area contributed by atoms with E-state index in [9.17, 15) is 4.79 Å². The van der Waals surface area contributed by atoms with Crippen molar-refractivity contribution in [3.8, 4) is 0 Å². The molecule has 1 heterocycles. The normalized spacial score (nSPS) is 12.6. The summed E-state index contributed by atoms with van der Waals surface area (Å²) >= 11 is 0. The zero-order valence-corrected chi connectivity index (χ0v) is 15.1. The maximum Gasteiger partial charge on any atom is 0.273 e. The second kappa shape index (κ2) is 9.18. The molecule has 0 aliphatic heterocycles. The van der Waals surface area contributed by atoms with Crippen molar-refractivity contribution in [2.75, 3.05) is 5.32 Å². The Kier molecular flexibility index (Phi) is 6.68. The van der Waals surface area contributed by atoms with Gasteiger partial charge in [-0.15, -0.1) is 0 Å². The first-order chi connectivity index (χ1) is 12.6. The van der Waals surface area contributed by atoms with Gasteiger partial charge in [-0.25, -0.2) is 5.10 Å². The first-order valence-corrected chi connectivity index (χ1v) is 8.32. The van der Waals surface area contributed by atoms with Gasteiger partial charge in [0.1, 0.15) is 0 Å². The standard InChI is InChI=1S/C22H23N3O/c1-5-11-17(12-6-2)20-15-19(22(26)25-24-20)21(16(4)7-3)23-18-13-9-8-10-14-18/h5-15,23H,1,3H2,2,4H3,(H,25,26)/b12-6-,17-11+,21-16+. The molecule has 132 valence electrons. The van der Waals surface area contributed by atoms with E-state index in [0.717, 1.165) is 16.8 Å². The molecule has 1 aromatic carbocycles. The van der Waals surface area contributed by atoms with Gasteiger partial charge in [-0.2, -0.15) is 5.10 Å². The Balaban J connectivity index is 2.60. The molecule has 0 saturated carbocycles. The summed E-state index contributed by atoms with van der Waals surface area (Å²) < 4.78 is 0. The molecule has 2 rings (SSSR count). The Hall–Kier alpha value is -3.40. The van der Waals surface area contributed by atoms with Gasteiger partial charge < -0.3 is 5.32 Å². The summed E-state index contributed by atoms with van der Waals surface area (Å²) in [6, 6.07) is 11.5. The smallest absolute Gasteiger partial charge is 0.273 e. The highest BCUT2D eigenvalue weighted by Crippen LogP contribution is 2.22. The summed E-state index contributed by atoms with van der Waals surface area (Å²) in [5.74, 6) is 0. The number of allylic oxidation sites excluding steroid dienone is 7. The van der Waals surface area contributed by atoms with Gasteiger partial charge in [0.15, 0.2) is 0 Å². The Labute approximate surface area is 154 Å². The van der Waals surface area contributed by atoms with Crippen LogP contribution in [0.15, 0.2) is 90.3 Å². The summed E-state index contributed by atoms with van der Waals surface area (Å²) in [6.07, 6.45) is 9.09.